The highest BCUT2D eigenvalue weighted by Gasteiger charge is 2.76. The lowest BCUT2D eigenvalue weighted by Crippen LogP contribution is -2.58. The maximum atomic E-state index is 13.6. The van der Waals surface area contributed by atoms with Gasteiger partial charge >= 0.3 is 23.9 Å². The van der Waals surface area contributed by atoms with E-state index >= 15 is 0 Å². The van der Waals surface area contributed by atoms with Crippen LogP contribution in [0.3, 0.4) is 0 Å². The van der Waals surface area contributed by atoms with Gasteiger partial charge in [-0.25, -0.2) is 5.43 Å². The third kappa shape index (κ3) is 4.51. The lowest BCUT2D eigenvalue weighted by atomic mass is 9.93. The van der Waals surface area contributed by atoms with Crippen LogP contribution in [0.1, 0.15) is 47.2 Å². The van der Waals surface area contributed by atoms with Crippen molar-refractivity contribution < 1.29 is 44.7 Å². The number of hydrogen-bond donors (Lipinski definition) is 1. The van der Waals surface area contributed by atoms with Crippen molar-refractivity contribution in [2.75, 3.05) is 32.7 Å². The van der Waals surface area contributed by atoms with Crippen molar-refractivity contribution in [1.82, 2.24) is 15.2 Å². The molecule has 1 aliphatic heterocycles. The lowest BCUT2D eigenvalue weighted by Gasteiger charge is -2.33. The number of halogens is 7. The maximum Gasteiger partial charge on any atom is 0.460 e. The van der Waals surface area contributed by atoms with E-state index in [1.165, 1.54) is 6.92 Å². The standard InChI is InChI=1S/C20H23F7N4O3/c1-3-30-7-9-31(10-8-30)16(32)15-11(2)14-12(5-4-6-13(14)34-15)28-29-17(33)18(21,22)19(23,24)20(25,26)27/h3-10H2,1-2H3,(H,29,33)/b28-12+. The summed E-state index contributed by atoms with van der Waals surface area (Å²) >= 11 is 0. The molecular formula is C20H23F7N4O3. The molecule has 34 heavy (non-hydrogen) atoms. The summed E-state index contributed by atoms with van der Waals surface area (Å²) in [5.41, 5.74) is 1.63. The lowest BCUT2D eigenvalue weighted by molar-refractivity contribution is -0.344. The molecule has 190 valence electrons. The molecular weight excluding hydrogens is 477 g/mol. The molecule has 14 heteroatoms. The average Bonchev–Trinajstić information content (AvgIpc) is 3.13. The number of amides is 2. The van der Waals surface area contributed by atoms with Crippen molar-refractivity contribution >= 4 is 17.5 Å². The Balaban J connectivity index is 1.82. The van der Waals surface area contributed by atoms with Crippen molar-refractivity contribution in [3.8, 4) is 0 Å². The molecule has 0 saturated carbocycles. The van der Waals surface area contributed by atoms with Crippen LogP contribution in [-0.4, -0.2) is 78.1 Å². The molecule has 0 spiro atoms. The zero-order valence-corrected chi connectivity index (χ0v) is 18.4. The molecule has 1 aromatic heterocycles. The second kappa shape index (κ2) is 9.19. The number of piperazine rings is 1. The van der Waals surface area contributed by atoms with E-state index in [9.17, 15) is 40.3 Å². The van der Waals surface area contributed by atoms with Gasteiger partial charge in [0.2, 0.25) is 0 Å². The Kier molecular flexibility index (Phi) is 7.02. The van der Waals surface area contributed by atoms with Gasteiger partial charge in [-0.1, -0.05) is 6.92 Å². The fraction of sp³-hybridized carbons (Fsp3) is 0.650. The van der Waals surface area contributed by atoms with Gasteiger partial charge in [-0.3, -0.25) is 9.59 Å². The Morgan fingerprint density at radius 2 is 1.65 bits per heavy atom. The first-order valence-corrected chi connectivity index (χ1v) is 10.6. The Bertz CT molecular complexity index is 980. The number of nitrogens with zero attached hydrogens (tertiary/aromatic N) is 3. The molecule has 2 heterocycles. The molecule has 2 aliphatic rings. The van der Waals surface area contributed by atoms with Gasteiger partial charge in [-0.2, -0.15) is 35.8 Å². The minimum absolute atomic E-state index is 0.00445. The molecule has 3 rings (SSSR count). The third-order valence-corrected chi connectivity index (χ3v) is 5.95. The first-order chi connectivity index (χ1) is 15.7. The highest BCUT2D eigenvalue weighted by atomic mass is 19.4. The molecule has 1 fully saturated rings. The Labute approximate surface area is 189 Å². The molecule has 0 radical (unpaired) electrons. The van der Waals surface area contributed by atoms with Crippen LogP contribution in [0.25, 0.3) is 0 Å². The molecule has 2 amide bonds. The number of likely N-dealkylation sites (N-methyl/N-ethyl adjacent to an activating group) is 1. The molecule has 1 saturated heterocycles. The molecule has 1 aromatic rings. The van der Waals surface area contributed by atoms with E-state index in [0.717, 1.165) is 12.0 Å². The minimum Gasteiger partial charge on any atom is -0.455 e. The van der Waals surface area contributed by atoms with Crippen LogP contribution in [0.15, 0.2) is 9.52 Å². The summed E-state index contributed by atoms with van der Waals surface area (Å²) in [4.78, 5) is 28.3. The smallest absolute Gasteiger partial charge is 0.455 e. The quantitative estimate of drug-likeness (QED) is 0.497. The zero-order chi connectivity index (χ0) is 25.5. The van der Waals surface area contributed by atoms with E-state index in [1.807, 2.05) is 6.92 Å². The fourth-order valence-electron chi connectivity index (χ4n) is 3.90. The van der Waals surface area contributed by atoms with E-state index in [0.29, 0.717) is 50.3 Å². The van der Waals surface area contributed by atoms with E-state index in [1.54, 1.807) is 4.90 Å². The number of furan rings is 1. The number of carbonyl (C=O) groups is 2. The summed E-state index contributed by atoms with van der Waals surface area (Å²) in [6, 6.07) is 0. The second-order valence-corrected chi connectivity index (χ2v) is 8.08. The summed E-state index contributed by atoms with van der Waals surface area (Å²) in [5, 5.41) is 3.40. The molecule has 0 unspecified atom stereocenters. The summed E-state index contributed by atoms with van der Waals surface area (Å²) < 4.78 is 96.0. The van der Waals surface area contributed by atoms with Gasteiger partial charge in [0.05, 0.1) is 5.71 Å². The van der Waals surface area contributed by atoms with Crippen LogP contribution in [0.4, 0.5) is 30.7 Å². The topological polar surface area (TPSA) is 78.2 Å². The van der Waals surface area contributed by atoms with Crippen molar-refractivity contribution in [2.24, 2.45) is 5.10 Å². The minimum atomic E-state index is -6.64. The first kappa shape index (κ1) is 26.0. The maximum absolute atomic E-state index is 13.6. The normalized spacial score (nSPS) is 19.3. The van der Waals surface area contributed by atoms with Crippen molar-refractivity contribution in [1.29, 1.82) is 0 Å². The molecule has 0 atom stereocenters. The predicted molar refractivity (Wildman–Crippen MR) is 105 cm³/mol. The van der Waals surface area contributed by atoms with Crippen molar-refractivity contribution in [3.05, 3.63) is 22.6 Å². The molecule has 0 bridgehead atoms. The summed E-state index contributed by atoms with van der Waals surface area (Å²) in [7, 11) is 0. The van der Waals surface area contributed by atoms with Crippen molar-refractivity contribution in [3.63, 3.8) is 0 Å². The molecule has 1 N–H and O–H groups in total. The second-order valence-electron chi connectivity index (χ2n) is 8.08. The van der Waals surface area contributed by atoms with Crippen molar-refractivity contribution in [2.45, 2.75) is 51.1 Å². The van der Waals surface area contributed by atoms with Crippen LogP contribution in [0.2, 0.25) is 0 Å². The summed E-state index contributed by atoms with van der Waals surface area (Å²) in [6.45, 7) is 6.66. The first-order valence-electron chi connectivity index (χ1n) is 10.6. The number of nitrogens with one attached hydrogen (secondary N) is 1. The highest BCUT2D eigenvalue weighted by molar-refractivity contribution is 6.06. The van der Waals surface area contributed by atoms with Crippen LogP contribution in [-0.2, 0) is 11.2 Å². The zero-order valence-electron chi connectivity index (χ0n) is 18.4. The van der Waals surface area contributed by atoms with Gasteiger partial charge in [-0.05, 0) is 26.3 Å². The highest BCUT2D eigenvalue weighted by Crippen LogP contribution is 2.46. The SMILES string of the molecule is CCN1CCN(C(=O)c2oc3c(c2C)/C(=N/NC(=O)C(F)(F)C(F)(F)C(F)(F)F)CCC3)CC1. The fourth-order valence-corrected chi connectivity index (χ4v) is 3.90. The average molecular weight is 500 g/mol. The van der Waals surface area contributed by atoms with Gasteiger partial charge < -0.3 is 14.2 Å². The molecule has 0 aromatic carbocycles. The number of fused-ring (bicyclic) bond motifs is 1. The van der Waals surface area contributed by atoms with E-state index < -0.39 is 23.9 Å². The Hall–Kier alpha value is -2.64. The molecule has 7 nitrogen and oxygen atoms in total. The van der Waals surface area contributed by atoms with Crippen LogP contribution < -0.4 is 5.43 Å². The number of aryl methyl sites for hydroxylation is 1. The summed E-state index contributed by atoms with van der Waals surface area (Å²) in [5.74, 6) is -15.7. The Morgan fingerprint density at radius 3 is 2.21 bits per heavy atom. The summed E-state index contributed by atoms with van der Waals surface area (Å²) in [6.07, 6.45) is -5.81. The third-order valence-electron chi connectivity index (χ3n) is 5.95. The van der Waals surface area contributed by atoms with E-state index in [-0.39, 0.29) is 29.4 Å². The van der Waals surface area contributed by atoms with Gasteiger partial charge in [0.25, 0.3) is 5.91 Å². The number of rotatable bonds is 5. The van der Waals surface area contributed by atoms with Gasteiger partial charge in [0, 0.05) is 43.7 Å². The molecule has 1 aliphatic carbocycles. The number of alkyl halides is 7. The van der Waals surface area contributed by atoms with E-state index in [2.05, 4.69) is 10.0 Å². The van der Waals surface area contributed by atoms with Gasteiger partial charge in [-0.15, -0.1) is 0 Å². The van der Waals surface area contributed by atoms with Crippen LogP contribution in [0, 0.1) is 6.92 Å². The number of hydrazone groups is 1. The van der Waals surface area contributed by atoms with Gasteiger partial charge in [0.1, 0.15) is 5.76 Å². The number of carbonyl (C=O) groups excluding carboxylic acids is 2. The van der Waals surface area contributed by atoms with Crippen LogP contribution >= 0.6 is 0 Å². The Morgan fingerprint density at radius 1 is 1.03 bits per heavy atom. The van der Waals surface area contributed by atoms with E-state index in [4.69, 9.17) is 4.42 Å². The van der Waals surface area contributed by atoms with Gasteiger partial charge in [0.15, 0.2) is 5.76 Å². The largest absolute Gasteiger partial charge is 0.460 e. The number of hydrogen-bond acceptors (Lipinski definition) is 5. The predicted octanol–water partition coefficient (Wildman–Crippen LogP) is 3.36. The monoisotopic (exact) mass is 500 g/mol. The van der Waals surface area contributed by atoms with Crippen LogP contribution in [0.5, 0.6) is 0 Å².